The zero-order valence-electron chi connectivity index (χ0n) is 12.1. The lowest BCUT2D eigenvalue weighted by Gasteiger charge is -2.40. The lowest BCUT2D eigenvalue weighted by molar-refractivity contribution is -0.0752. The molecule has 0 spiro atoms. The summed E-state index contributed by atoms with van der Waals surface area (Å²) in [5.74, 6) is 0.608. The van der Waals surface area contributed by atoms with Crippen molar-refractivity contribution < 1.29 is 4.74 Å². The van der Waals surface area contributed by atoms with Crippen molar-refractivity contribution in [3.63, 3.8) is 0 Å². The van der Waals surface area contributed by atoms with Crippen molar-refractivity contribution in [2.75, 3.05) is 6.54 Å². The Kier molecular flexibility index (Phi) is 3.90. The Bertz CT molecular complexity index is 427. The van der Waals surface area contributed by atoms with Crippen LogP contribution in [-0.2, 0) is 4.74 Å². The molecule has 2 aliphatic rings. The molecule has 1 fully saturated rings. The molecule has 3 atom stereocenters. The predicted octanol–water partition coefficient (Wildman–Crippen LogP) is 3.78. The van der Waals surface area contributed by atoms with Crippen LogP contribution >= 0.6 is 0 Å². The third kappa shape index (κ3) is 2.56. The van der Waals surface area contributed by atoms with Crippen LogP contribution in [0.25, 0.3) is 0 Å². The Balaban J connectivity index is 1.84. The normalized spacial score (nSPS) is 30.7. The minimum atomic E-state index is 0.343. The summed E-state index contributed by atoms with van der Waals surface area (Å²) in [5, 5.41) is 3.64. The molecule has 2 nitrogen and oxygen atoms in total. The second-order valence-corrected chi connectivity index (χ2v) is 6.03. The fraction of sp³-hybridized carbons (Fsp3) is 0.647. The van der Waals surface area contributed by atoms with Crippen molar-refractivity contribution >= 4 is 0 Å². The Morgan fingerprint density at radius 1 is 1.21 bits per heavy atom. The molecule has 3 rings (SSSR count). The minimum Gasteiger partial charge on any atom is -0.373 e. The van der Waals surface area contributed by atoms with Crippen molar-refractivity contribution in [1.29, 1.82) is 0 Å². The molecule has 1 N–H and O–H groups in total. The summed E-state index contributed by atoms with van der Waals surface area (Å²) in [6, 6.07) is 9.24. The highest BCUT2D eigenvalue weighted by atomic mass is 16.5. The fourth-order valence-corrected chi connectivity index (χ4v) is 3.40. The van der Waals surface area contributed by atoms with Gasteiger partial charge in [-0.25, -0.2) is 0 Å². The number of nitrogens with one attached hydrogen (secondary N) is 1. The van der Waals surface area contributed by atoms with Gasteiger partial charge >= 0.3 is 0 Å². The van der Waals surface area contributed by atoms with Crippen LogP contribution in [0, 0.1) is 0 Å². The van der Waals surface area contributed by atoms with Crippen molar-refractivity contribution in [2.45, 2.75) is 63.7 Å². The van der Waals surface area contributed by atoms with E-state index in [4.69, 9.17) is 4.74 Å². The molecular weight excluding hydrogens is 234 g/mol. The fourth-order valence-electron chi connectivity index (χ4n) is 3.40. The molecule has 1 aromatic carbocycles. The summed E-state index contributed by atoms with van der Waals surface area (Å²) in [5.41, 5.74) is 2.95. The van der Waals surface area contributed by atoms with Crippen molar-refractivity contribution in [3.8, 4) is 0 Å². The zero-order valence-corrected chi connectivity index (χ0v) is 12.1. The number of hydrogen-bond acceptors (Lipinski definition) is 2. The number of likely N-dealkylation sites (N-methyl/N-ethyl adjacent to an activating group) is 1. The largest absolute Gasteiger partial charge is 0.373 e. The summed E-state index contributed by atoms with van der Waals surface area (Å²) < 4.78 is 6.36. The topological polar surface area (TPSA) is 21.3 Å². The summed E-state index contributed by atoms with van der Waals surface area (Å²) >= 11 is 0. The Morgan fingerprint density at radius 3 is 2.58 bits per heavy atom. The predicted molar refractivity (Wildman–Crippen MR) is 78.4 cm³/mol. The first-order chi connectivity index (χ1) is 9.29. The van der Waals surface area contributed by atoms with Gasteiger partial charge in [0.25, 0.3) is 0 Å². The van der Waals surface area contributed by atoms with Crippen molar-refractivity contribution in [1.82, 2.24) is 5.32 Å². The summed E-state index contributed by atoms with van der Waals surface area (Å²) in [6.07, 6.45) is 5.86. The Hall–Kier alpha value is -0.860. The van der Waals surface area contributed by atoms with Gasteiger partial charge in [0.1, 0.15) is 0 Å². The van der Waals surface area contributed by atoms with Gasteiger partial charge in [-0.2, -0.15) is 0 Å². The highest BCUT2D eigenvalue weighted by Gasteiger charge is 2.35. The standard InChI is InChI=1S/C17H25NO/c1-3-18-17-15-10-5-4-9-14(15)12(2)11-16(17)19-13-7-6-8-13/h4-5,9-10,12-13,16-18H,3,6-8,11H2,1-2H3. The monoisotopic (exact) mass is 259 g/mol. The number of hydrogen-bond donors (Lipinski definition) is 1. The first-order valence-corrected chi connectivity index (χ1v) is 7.77. The van der Waals surface area contributed by atoms with Gasteiger partial charge in [-0.05, 0) is 49.3 Å². The average Bonchev–Trinajstić information content (AvgIpc) is 2.38. The molecule has 19 heavy (non-hydrogen) atoms. The van der Waals surface area contributed by atoms with Crippen LogP contribution < -0.4 is 5.32 Å². The van der Waals surface area contributed by atoms with Gasteiger partial charge in [-0.15, -0.1) is 0 Å². The quantitative estimate of drug-likeness (QED) is 0.888. The van der Waals surface area contributed by atoms with Crippen LogP contribution in [0.1, 0.15) is 62.6 Å². The summed E-state index contributed by atoms with van der Waals surface area (Å²) in [7, 11) is 0. The van der Waals surface area contributed by atoms with E-state index in [9.17, 15) is 0 Å². The number of rotatable bonds is 4. The molecule has 0 bridgehead atoms. The highest BCUT2D eigenvalue weighted by molar-refractivity contribution is 5.36. The first-order valence-electron chi connectivity index (χ1n) is 7.77. The second-order valence-electron chi connectivity index (χ2n) is 6.03. The lowest BCUT2D eigenvalue weighted by atomic mass is 9.79. The van der Waals surface area contributed by atoms with Crippen molar-refractivity contribution in [2.24, 2.45) is 0 Å². The number of fused-ring (bicyclic) bond motifs is 1. The van der Waals surface area contributed by atoms with E-state index >= 15 is 0 Å². The SMILES string of the molecule is CCNC1c2ccccc2C(C)CC1OC1CCC1. The molecule has 0 heterocycles. The van der Waals surface area contributed by atoms with Crippen LogP contribution in [0.3, 0.4) is 0 Å². The molecule has 104 valence electrons. The Morgan fingerprint density at radius 2 is 1.95 bits per heavy atom. The zero-order chi connectivity index (χ0) is 13.2. The van der Waals surface area contributed by atoms with Gasteiger partial charge in [0.2, 0.25) is 0 Å². The third-order valence-electron chi connectivity index (χ3n) is 4.66. The van der Waals surface area contributed by atoms with Crippen LogP contribution in [0.4, 0.5) is 0 Å². The van der Waals surface area contributed by atoms with Crippen molar-refractivity contribution in [3.05, 3.63) is 35.4 Å². The number of ether oxygens (including phenoxy) is 1. The molecule has 2 heteroatoms. The molecule has 0 aliphatic heterocycles. The molecule has 1 saturated carbocycles. The van der Waals surface area contributed by atoms with Gasteiger partial charge in [-0.1, -0.05) is 38.1 Å². The van der Waals surface area contributed by atoms with E-state index in [1.807, 2.05) is 0 Å². The maximum Gasteiger partial charge on any atom is 0.0779 e. The van der Waals surface area contributed by atoms with E-state index in [0.717, 1.165) is 13.0 Å². The molecular formula is C17H25NO. The molecule has 2 aliphatic carbocycles. The van der Waals surface area contributed by atoms with Crippen LogP contribution in [0.2, 0.25) is 0 Å². The number of benzene rings is 1. The van der Waals surface area contributed by atoms with E-state index in [0.29, 0.717) is 24.2 Å². The van der Waals surface area contributed by atoms with Gasteiger partial charge in [0.05, 0.1) is 18.2 Å². The molecule has 0 saturated heterocycles. The molecule has 0 amide bonds. The van der Waals surface area contributed by atoms with Gasteiger partial charge < -0.3 is 10.1 Å². The second kappa shape index (κ2) is 5.64. The minimum absolute atomic E-state index is 0.343. The molecule has 0 aromatic heterocycles. The lowest BCUT2D eigenvalue weighted by Crippen LogP contribution is -2.41. The maximum absolute atomic E-state index is 6.36. The third-order valence-corrected chi connectivity index (χ3v) is 4.66. The maximum atomic E-state index is 6.36. The Labute approximate surface area is 116 Å². The molecule has 1 aromatic rings. The summed E-state index contributed by atoms with van der Waals surface area (Å²) in [4.78, 5) is 0. The van der Waals surface area contributed by atoms with Gasteiger partial charge in [-0.3, -0.25) is 0 Å². The van der Waals surface area contributed by atoms with Gasteiger partial charge in [0.15, 0.2) is 0 Å². The highest BCUT2D eigenvalue weighted by Crippen LogP contribution is 2.40. The summed E-state index contributed by atoms with van der Waals surface area (Å²) in [6.45, 7) is 5.51. The van der Waals surface area contributed by atoms with E-state index in [1.54, 1.807) is 0 Å². The smallest absolute Gasteiger partial charge is 0.0779 e. The van der Waals surface area contributed by atoms with E-state index < -0.39 is 0 Å². The van der Waals surface area contributed by atoms with Crippen LogP contribution in [-0.4, -0.2) is 18.8 Å². The van der Waals surface area contributed by atoms with E-state index in [-0.39, 0.29) is 0 Å². The van der Waals surface area contributed by atoms with Crippen LogP contribution in [0.15, 0.2) is 24.3 Å². The van der Waals surface area contributed by atoms with Crippen LogP contribution in [0.5, 0.6) is 0 Å². The average molecular weight is 259 g/mol. The molecule has 3 unspecified atom stereocenters. The van der Waals surface area contributed by atoms with E-state index in [1.165, 1.54) is 30.4 Å². The molecule has 0 radical (unpaired) electrons. The van der Waals surface area contributed by atoms with E-state index in [2.05, 4.69) is 43.4 Å². The first kappa shape index (κ1) is 13.1. The van der Waals surface area contributed by atoms with Gasteiger partial charge in [0, 0.05) is 0 Å².